The van der Waals surface area contributed by atoms with Crippen molar-refractivity contribution in [3.63, 3.8) is 0 Å². The number of benzene rings is 2. The summed E-state index contributed by atoms with van der Waals surface area (Å²) in [5.74, 6) is -0.922. The minimum Gasteiger partial charge on any atom is -0.274 e. The van der Waals surface area contributed by atoms with Crippen LogP contribution in [0.15, 0.2) is 57.9 Å². The number of nitrogens with zero attached hydrogens (tertiary/aromatic N) is 2. The number of anilines is 1. The molecule has 1 saturated heterocycles. The van der Waals surface area contributed by atoms with Gasteiger partial charge in [-0.3, -0.25) is 9.59 Å². The summed E-state index contributed by atoms with van der Waals surface area (Å²) >= 11 is 9.28. The predicted octanol–water partition coefficient (Wildman–Crippen LogP) is 5.15. The lowest BCUT2D eigenvalue weighted by Crippen LogP contribution is -2.50. The summed E-state index contributed by atoms with van der Waals surface area (Å²) in [7, 11) is -3.99. The van der Waals surface area contributed by atoms with E-state index in [2.05, 4.69) is 15.9 Å². The number of halogens is 2. The van der Waals surface area contributed by atoms with Gasteiger partial charge in [-0.2, -0.15) is 4.31 Å². The van der Waals surface area contributed by atoms with Gasteiger partial charge in [-0.25, -0.2) is 13.3 Å². The smallest absolute Gasteiger partial charge is 0.252 e. The lowest BCUT2D eigenvalue weighted by molar-refractivity contribution is -0.122. The molecule has 2 aromatic rings. The number of amides is 2. The highest BCUT2D eigenvalue weighted by Crippen LogP contribution is 2.35. The normalized spacial score (nSPS) is 20.7. The van der Waals surface area contributed by atoms with Crippen LogP contribution in [-0.4, -0.2) is 36.6 Å². The quantitative estimate of drug-likeness (QED) is 0.389. The van der Waals surface area contributed by atoms with Gasteiger partial charge < -0.3 is 0 Å². The highest BCUT2D eigenvalue weighted by atomic mass is 79.9. The van der Waals surface area contributed by atoms with E-state index < -0.39 is 27.9 Å². The molecule has 0 bridgehead atoms. The van der Waals surface area contributed by atoms with Crippen molar-refractivity contribution in [3.8, 4) is 0 Å². The summed E-state index contributed by atoms with van der Waals surface area (Å²) < 4.78 is 29.7. The molecule has 1 aliphatic carbocycles. The monoisotopic (exact) mass is 538 g/mol. The molecule has 1 unspecified atom stereocenters. The second-order valence-electron chi connectivity index (χ2n) is 8.20. The number of hydrogen-bond acceptors (Lipinski definition) is 4. The van der Waals surface area contributed by atoms with E-state index in [9.17, 15) is 18.0 Å². The Morgan fingerprint density at radius 1 is 0.906 bits per heavy atom. The Morgan fingerprint density at radius 3 is 2.09 bits per heavy atom. The zero-order valence-corrected chi connectivity index (χ0v) is 20.6. The van der Waals surface area contributed by atoms with Crippen LogP contribution in [0.4, 0.5) is 5.69 Å². The number of hydrogen-bond donors (Lipinski definition) is 0. The number of carbonyl (C=O) groups is 2. The Morgan fingerprint density at radius 2 is 1.50 bits per heavy atom. The molecule has 6 nitrogen and oxygen atoms in total. The molecule has 0 N–H and O–H groups in total. The molecule has 1 aliphatic heterocycles. The maximum Gasteiger partial charge on any atom is 0.252 e. The van der Waals surface area contributed by atoms with E-state index in [1.165, 1.54) is 16.4 Å². The molecule has 0 spiro atoms. The Bertz CT molecular complexity index is 1100. The van der Waals surface area contributed by atoms with Crippen molar-refractivity contribution in [1.29, 1.82) is 0 Å². The molecule has 9 heteroatoms. The lowest BCUT2D eigenvalue weighted by atomic mass is 10.1. The number of imide groups is 1. The third kappa shape index (κ3) is 4.64. The first kappa shape index (κ1) is 23.4. The van der Waals surface area contributed by atoms with Crippen LogP contribution >= 0.6 is 27.5 Å². The molecule has 2 aliphatic rings. The maximum absolute atomic E-state index is 13.8. The van der Waals surface area contributed by atoms with E-state index in [4.69, 9.17) is 11.6 Å². The summed E-state index contributed by atoms with van der Waals surface area (Å²) in [6.45, 7) is 0. The van der Waals surface area contributed by atoms with E-state index in [0.717, 1.165) is 35.1 Å². The van der Waals surface area contributed by atoms with Gasteiger partial charge >= 0.3 is 0 Å². The van der Waals surface area contributed by atoms with Gasteiger partial charge in [0.25, 0.3) is 5.91 Å². The fourth-order valence-electron chi connectivity index (χ4n) is 4.53. The van der Waals surface area contributed by atoms with E-state index >= 15 is 0 Å². The van der Waals surface area contributed by atoms with Crippen LogP contribution in [-0.2, 0) is 19.6 Å². The lowest BCUT2D eigenvalue weighted by Gasteiger charge is -2.33. The number of rotatable bonds is 5. The molecule has 2 fully saturated rings. The van der Waals surface area contributed by atoms with E-state index in [-0.39, 0.29) is 17.4 Å². The van der Waals surface area contributed by atoms with Gasteiger partial charge in [0.15, 0.2) is 0 Å². The first-order valence-corrected chi connectivity index (χ1v) is 13.3. The predicted molar refractivity (Wildman–Crippen MR) is 127 cm³/mol. The van der Waals surface area contributed by atoms with Crippen molar-refractivity contribution >= 4 is 55.1 Å². The fourth-order valence-corrected chi connectivity index (χ4v) is 6.75. The Kier molecular flexibility index (Phi) is 7.05. The molecule has 170 valence electrons. The van der Waals surface area contributed by atoms with Gasteiger partial charge in [0, 0.05) is 15.5 Å². The standard InChI is InChI=1S/C23H24BrClN2O4S/c24-16-7-13-20(14-8-16)32(30,31)27(19-5-3-1-2-4-6-19)21-15-22(28)26(23(21)29)18-11-9-17(25)10-12-18/h7-14,19,21H,1-6,15H2. The van der Waals surface area contributed by atoms with Crippen LogP contribution in [0, 0.1) is 0 Å². The summed E-state index contributed by atoms with van der Waals surface area (Å²) in [4.78, 5) is 27.6. The first-order valence-electron chi connectivity index (χ1n) is 10.7. The third-order valence-electron chi connectivity index (χ3n) is 6.09. The molecule has 0 aromatic heterocycles. The molecule has 1 atom stereocenters. The number of sulfonamides is 1. The average molecular weight is 540 g/mol. The van der Waals surface area contributed by atoms with Gasteiger partial charge in [-0.15, -0.1) is 0 Å². The zero-order valence-electron chi connectivity index (χ0n) is 17.4. The Balaban J connectivity index is 1.74. The van der Waals surface area contributed by atoms with E-state index in [1.54, 1.807) is 36.4 Å². The summed E-state index contributed by atoms with van der Waals surface area (Å²) in [5.41, 5.74) is 0.397. The highest BCUT2D eigenvalue weighted by molar-refractivity contribution is 9.10. The topological polar surface area (TPSA) is 74.8 Å². The van der Waals surface area contributed by atoms with Crippen LogP contribution < -0.4 is 4.90 Å². The molecular formula is C23H24BrClN2O4S. The second-order valence-corrected chi connectivity index (χ2v) is 11.4. The summed E-state index contributed by atoms with van der Waals surface area (Å²) in [6.07, 6.45) is 5.05. The molecule has 4 rings (SSSR count). The minimum atomic E-state index is -3.99. The molecule has 1 saturated carbocycles. The van der Waals surface area contributed by atoms with Crippen LogP contribution in [0.1, 0.15) is 44.9 Å². The number of carbonyl (C=O) groups excluding carboxylic acids is 2. The van der Waals surface area contributed by atoms with Gasteiger partial charge in [0.2, 0.25) is 15.9 Å². The SMILES string of the molecule is O=C1CC(N(C2CCCCCC2)S(=O)(=O)c2ccc(Br)cc2)C(=O)N1c1ccc(Cl)cc1. The van der Waals surface area contributed by atoms with E-state index in [1.807, 2.05) is 0 Å². The van der Waals surface area contributed by atoms with Crippen molar-refractivity contribution < 1.29 is 18.0 Å². The minimum absolute atomic E-state index is 0.120. The van der Waals surface area contributed by atoms with Crippen molar-refractivity contribution in [3.05, 3.63) is 58.0 Å². The van der Waals surface area contributed by atoms with Gasteiger partial charge in [-0.1, -0.05) is 53.2 Å². The average Bonchev–Trinajstić information content (AvgIpc) is 2.93. The largest absolute Gasteiger partial charge is 0.274 e. The first-order chi connectivity index (χ1) is 15.3. The van der Waals surface area contributed by atoms with Gasteiger partial charge in [0.1, 0.15) is 6.04 Å². The van der Waals surface area contributed by atoms with Crippen LogP contribution in [0.5, 0.6) is 0 Å². The van der Waals surface area contributed by atoms with Gasteiger partial charge in [-0.05, 0) is 61.4 Å². The Labute approximate surface area is 201 Å². The van der Waals surface area contributed by atoms with Gasteiger partial charge in [0.05, 0.1) is 17.0 Å². The molecule has 2 amide bonds. The fraction of sp³-hybridized carbons (Fsp3) is 0.391. The van der Waals surface area contributed by atoms with Crippen LogP contribution in [0.2, 0.25) is 5.02 Å². The zero-order chi connectivity index (χ0) is 22.9. The van der Waals surface area contributed by atoms with Crippen LogP contribution in [0.25, 0.3) is 0 Å². The van der Waals surface area contributed by atoms with Crippen molar-refractivity contribution in [2.75, 3.05) is 4.90 Å². The molecule has 1 heterocycles. The molecule has 32 heavy (non-hydrogen) atoms. The van der Waals surface area contributed by atoms with Crippen LogP contribution in [0.3, 0.4) is 0 Å². The van der Waals surface area contributed by atoms with Crippen molar-refractivity contribution in [2.24, 2.45) is 0 Å². The second kappa shape index (κ2) is 9.63. The third-order valence-corrected chi connectivity index (χ3v) is 8.84. The van der Waals surface area contributed by atoms with E-state index in [0.29, 0.717) is 23.6 Å². The van der Waals surface area contributed by atoms with Crippen molar-refractivity contribution in [2.45, 2.75) is 61.9 Å². The summed E-state index contributed by atoms with van der Waals surface area (Å²) in [5, 5.41) is 0.488. The molecular weight excluding hydrogens is 516 g/mol. The summed E-state index contributed by atoms with van der Waals surface area (Å²) in [6, 6.07) is 11.4. The Hall–Kier alpha value is -1.74. The maximum atomic E-state index is 13.8. The highest BCUT2D eigenvalue weighted by Gasteiger charge is 2.49. The molecule has 0 radical (unpaired) electrons. The van der Waals surface area contributed by atoms with Crippen molar-refractivity contribution in [1.82, 2.24) is 4.31 Å². The molecule has 2 aromatic carbocycles.